The van der Waals surface area contributed by atoms with Gasteiger partial charge in [-0.1, -0.05) is 53.7 Å². The van der Waals surface area contributed by atoms with Crippen LogP contribution < -0.4 is 10.1 Å². The lowest BCUT2D eigenvalue weighted by Crippen LogP contribution is -2.31. The van der Waals surface area contributed by atoms with Crippen molar-refractivity contribution in [2.45, 2.75) is 33.4 Å². The van der Waals surface area contributed by atoms with E-state index < -0.39 is 5.97 Å². The monoisotopic (exact) mass is 458 g/mol. The van der Waals surface area contributed by atoms with Crippen molar-refractivity contribution in [1.29, 1.82) is 0 Å². The third kappa shape index (κ3) is 5.26. The number of amides is 1. The Bertz CT molecular complexity index is 1300. The molecule has 0 saturated heterocycles. The highest BCUT2D eigenvalue weighted by Gasteiger charge is 2.16. The van der Waals surface area contributed by atoms with E-state index in [1.54, 1.807) is 24.3 Å². The average Bonchev–Trinajstić information content (AvgIpc) is 3.17. The second kappa shape index (κ2) is 10.2. The number of carbonyl (C=O) groups is 2. The third-order valence-electron chi connectivity index (χ3n) is 5.64. The van der Waals surface area contributed by atoms with Gasteiger partial charge < -0.3 is 19.3 Å². The van der Waals surface area contributed by atoms with Gasteiger partial charge >= 0.3 is 5.97 Å². The van der Waals surface area contributed by atoms with Gasteiger partial charge in [0.15, 0.2) is 6.61 Å². The molecule has 0 aliphatic rings. The van der Waals surface area contributed by atoms with Crippen LogP contribution in [0.1, 0.15) is 45.9 Å². The molecule has 0 saturated carbocycles. The Morgan fingerprint density at radius 1 is 1.03 bits per heavy atom. The molecule has 34 heavy (non-hydrogen) atoms. The van der Waals surface area contributed by atoms with Crippen LogP contribution in [-0.2, 0) is 16.1 Å². The number of carbonyl (C=O) groups excluding carboxylic acids is 2. The first-order valence-electron chi connectivity index (χ1n) is 11.0. The van der Waals surface area contributed by atoms with Gasteiger partial charge in [-0.05, 0) is 55.3 Å². The highest BCUT2D eigenvalue weighted by Crippen LogP contribution is 2.24. The smallest absolute Gasteiger partial charge is 0.338 e. The van der Waals surface area contributed by atoms with Crippen molar-refractivity contribution in [3.05, 3.63) is 94.9 Å². The summed E-state index contributed by atoms with van der Waals surface area (Å²) < 4.78 is 16.1. The van der Waals surface area contributed by atoms with Crippen molar-refractivity contribution in [2.75, 3.05) is 6.61 Å². The Hall–Kier alpha value is -4.13. The topological polar surface area (TPSA) is 90.7 Å². The normalized spacial score (nSPS) is 11.7. The van der Waals surface area contributed by atoms with Gasteiger partial charge in [-0.25, -0.2) is 4.79 Å². The maximum absolute atomic E-state index is 12.5. The fraction of sp³-hybridized carbons (Fsp3) is 0.222. The number of fused-ring (bicyclic) bond motifs is 1. The molecule has 1 atom stereocenters. The Labute approximate surface area is 197 Å². The lowest BCUT2D eigenvalue weighted by Gasteiger charge is -2.16. The van der Waals surface area contributed by atoms with Crippen molar-refractivity contribution in [2.24, 2.45) is 0 Å². The second-order valence-corrected chi connectivity index (χ2v) is 8.05. The van der Waals surface area contributed by atoms with Gasteiger partial charge in [-0.3, -0.25) is 4.79 Å². The van der Waals surface area contributed by atoms with Crippen molar-refractivity contribution < 1.29 is 23.6 Å². The Balaban J connectivity index is 1.32. The fourth-order valence-electron chi connectivity index (χ4n) is 3.78. The van der Waals surface area contributed by atoms with Gasteiger partial charge in [-0.2, -0.15) is 0 Å². The molecular formula is C27H26N2O5. The number of aromatic nitrogens is 1. The summed E-state index contributed by atoms with van der Waals surface area (Å²) >= 11 is 0. The highest BCUT2D eigenvalue weighted by atomic mass is 16.5. The van der Waals surface area contributed by atoms with Crippen molar-refractivity contribution >= 4 is 22.6 Å². The van der Waals surface area contributed by atoms with Gasteiger partial charge in [0.25, 0.3) is 5.91 Å². The van der Waals surface area contributed by atoms with Crippen LogP contribution in [0.25, 0.3) is 10.8 Å². The summed E-state index contributed by atoms with van der Waals surface area (Å²) in [5.74, 6) is 0.218. The molecule has 4 rings (SSSR count). The Morgan fingerprint density at radius 2 is 1.79 bits per heavy atom. The lowest BCUT2D eigenvalue weighted by molar-refractivity contribution is -0.124. The first-order valence-corrected chi connectivity index (χ1v) is 11.0. The van der Waals surface area contributed by atoms with Crippen LogP contribution in [0.3, 0.4) is 0 Å². The predicted molar refractivity (Wildman–Crippen MR) is 128 cm³/mol. The van der Waals surface area contributed by atoms with Gasteiger partial charge in [0.05, 0.1) is 22.9 Å². The van der Waals surface area contributed by atoms with E-state index in [9.17, 15) is 9.59 Å². The van der Waals surface area contributed by atoms with E-state index >= 15 is 0 Å². The molecular weight excluding hydrogens is 432 g/mol. The van der Waals surface area contributed by atoms with Crippen LogP contribution in [0.4, 0.5) is 0 Å². The van der Waals surface area contributed by atoms with Crippen molar-refractivity contribution in [3.8, 4) is 5.75 Å². The number of benzene rings is 3. The number of nitrogens with one attached hydrogen (secondary N) is 1. The van der Waals surface area contributed by atoms with Crippen LogP contribution in [-0.4, -0.2) is 23.6 Å². The zero-order valence-corrected chi connectivity index (χ0v) is 19.3. The zero-order chi connectivity index (χ0) is 24.1. The Kier molecular flexibility index (Phi) is 6.92. The molecule has 7 nitrogen and oxygen atoms in total. The van der Waals surface area contributed by atoms with Gasteiger partial charge in [0, 0.05) is 0 Å². The van der Waals surface area contributed by atoms with E-state index in [2.05, 4.69) is 10.5 Å². The van der Waals surface area contributed by atoms with Gasteiger partial charge in [0.2, 0.25) is 0 Å². The summed E-state index contributed by atoms with van der Waals surface area (Å²) in [5.41, 5.74) is 2.92. The maximum Gasteiger partial charge on any atom is 0.338 e. The molecule has 1 amide bonds. The molecule has 0 aliphatic carbocycles. The van der Waals surface area contributed by atoms with E-state index in [1.165, 1.54) is 0 Å². The summed E-state index contributed by atoms with van der Waals surface area (Å²) in [6.45, 7) is 5.46. The summed E-state index contributed by atoms with van der Waals surface area (Å²) in [5, 5.41) is 8.97. The lowest BCUT2D eigenvalue weighted by atomic mass is 10.00. The average molecular weight is 459 g/mol. The van der Waals surface area contributed by atoms with Crippen molar-refractivity contribution in [3.63, 3.8) is 0 Å². The second-order valence-electron chi connectivity index (χ2n) is 8.05. The fourth-order valence-corrected chi connectivity index (χ4v) is 3.78. The minimum absolute atomic E-state index is 0.238. The summed E-state index contributed by atoms with van der Waals surface area (Å²) in [6, 6.07) is 20.4. The summed E-state index contributed by atoms with van der Waals surface area (Å²) in [6.07, 6.45) is 0. The minimum Gasteiger partial charge on any atom is -0.489 e. The number of nitrogens with zero attached hydrogens (tertiary/aromatic N) is 1. The number of hydrogen-bond acceptors (Lipinski definition) is 6. The Morgan fingerprint density at radius 3 is 2.59 bits per heavy atom. The van der Waals surface area contributed by atoms with E-state index in [-0.39, 0.29) is 25.2 Å². The first-order chi connectivity index (χ1) is 16.4. The zero-order valence-electron chi connectivity index (χ0n) is 19.3. The molecule has 1 unspecified atom stereocenters. The van der Waals surface area contributed by atoms with E-state index in [4.69, 9.17) is 14.0 Å². The standard InChI is InChI=1S/C27H26N2O5/c1-17(23-13-7-9-20-8-4-5-12-24(20)23)28-26(30)16-33-27(31)21-10-6-11-22(14-21)32-15-25-18(2)29-34-19(25)3/h4-14,17H,15-16H2,1-3H3,(H,28,30). The first kappa shape index (κ1) is 23.0. The molecule has 0 aliphatic heterocycles. The van der Waals surface area contributed by atoms with Crippen molar-refractivity contribution in [1.82, 2.24) is 10.5 Å². The SMILES string of the molecule is Cc1noc(C)c1COc1cccc(C(=O)OCC(=O)NC(C)c2cccc3ccccc23)c1. The number of aryl methyl sites for hydroxylation is 2. The number of hydrogen-bond donors (Lipinski definition) is 1. The predicted octanol–water partition coefficient (Wildman–Crippen LogP) is 5.06. The maximum atomic E-state index is 12.5. The van der Waals surface area contributed by atoms with E-state index in [0.29, 0.717) is 17.1 Å². The molecule has 3 aromatic carbocycles. The molecule has 1 heterocycles. The molecule has 174 valence electrons. The molecule has 4 aromatic rings. The molecule has 1 aromatic heterocycles. The van der Waals surface area contributed by atoms with E-state index in [0.717, 1.165) is 27.6 Å². The van der Waals surface area contributed by atoms with Crippen LogP contribution in [0.5, 0.6) is 5.75 Å². The van der Waals surface area contributed by atoms with Crippen LogP contribution in [0.15, 0.2) is 71.3 Å². The summed E-state index contributed by atoms with van der Waals surface area (Å²) in [7, 11) is 0. The quantitative estimate of drug-likeness (QED) is 0.371. The summed E-state index contributed by atoms with van der Waals surface area (Å²) in [4.78, 5) is 24.9. The van der Waals surface area contributed by atoms with Gasteiger partial charge in [0.1, 0.15) is 18.1 Å². The van der Waals surface area contributed by atoms with Crippen LogP contribution in [0, 0.1) is 13.8 Å². The molecule has 0 radical (unpaired) electrons. The number of esters is 1. The molecule has 7 heteroatoms. The molecule has 1 N–H and O–H groups in total. The molecule has 0 fully saturated rings. The highest BCUT2D eigenvalue weighted by molar-refractivity contribution is 5.92. The van der Waals surface area contributed by atoms with Crippen LogP contribution in [0.2, 0.25) is 0 Å². The molecule has 0 bridgehead atoms. The van der Waals surface area contributed by atoms with E-state index in [1.807, 2.05) is 63.2 Å². The van der Waals surface area contributed by atoms with Crippen LogP contribution >= 0.6 is 0 Å². The molecule has 0 spiro atoms. The number of rotatable bonds is 8. The number of ether oxygens (including phenoxy) is 2. The van der Waals surface area contributed by atoms with Gasteiger partial charge in [-0.15, -0.1) is 0 Å². The largest absolute Gasteiger partial charge is 0.489 e. The minimum atomic E-state index is -0.601. The third-order valence-corrected chi connectivity index (χ3v) is 5.64.